The minimum absolute atomic E-state index is 0.0144. The molecule has 5 rings (SSSR count). The van der Waals surface area contributed by atoms with E-state index in [9.17, 15) is 23.4 Å². The van der Waals surface area contributed by atoms with Gasteiger partial charge in [-0.2, -0.15) is 4.31 Å². The molecule has 3 heterocycles. The Labute approximate surface area is 282 Å². The summed E-state index contributed by atoms with van der Waals surface area (Å²) in [6.07, 6.45) is 1.39. The molecule has 2 saturated heterocycles. The highest BCUT2D eigenvalue weighted by Crippen LogP contribution is 2.33. The Morgan fingerprint density at radius 3 is 2.60 bits per heavy atom. The number of nitrogens with one attached hydrogen (secondary N) is 2. The van der Waals surface area contributed by atoms with E-state index >= 15 is 0 Å². The third kappa shape index (κ3) is 8.38. The molecule has 2 aliphatic rings. The zero-order chi connectivity index (χ0) is 34.4. The van der Waals surface area contributed by atoms with Gasteiger partial charge in [-0.05, 0) is 55.4 Å². The van der Waals surface area contributed by atoms with Crippen LogP contribution in [0.25, 0.3) is 10.9 Å². The summed E-state index contributed by atoms with van der Waals surface area (Å²) in [4.78, 5) is 20.7. The summed E-state index contributed by atoms with van der Waals surface area (Å²) in [5, 5.41) is 25.6. The summed E-state index contributed by atoms with van der Waals surface area (Å²) < 4.78 is 46.6. The summed E-state index contributed by atoms with van der Waals surface area (Å²) >= 11 is 0. The molecule has 0 bridgehead atoms. The first-order chi connectivity index (χ1) is 23.0. The number of aromatic hydroxyl groups is 1. The fraction of sp³-hybridized carbons (Fsp3) is 0.543. The number of carbonyl (C=O) groups excluding carboxylic acids is 1. The molecule has 4 N–H and O–H groups in total. The third-order valence-corrected chi connectivity index (χ3v) is 10.9. The Hall–Kier alpha value is -3.49. The lowest BCUT2D eigenvalue weighted by molar-refractivity contribution is -0.0907. The number of aliphatic imine (C=N–C) groups is 1. The lowest BCUT2D eigenvalue weighted by atomic mass is 10.0. The molecule has 13 heteroatoms. The van der Waals surface area contributed by atoms with Gasteiger partial charge in [0.25, 0.3) is 0 Å². The number of benzene rings is 2. The number of amides is 1. The minimum Gasteiger partial charge on any atom is -0.494 e. The Morgan fingerprint density at radius 2 is 1.90 bits per heavy atom. The Kier molecular flexibility index (Phi) is 11.8. The van der Waals surface area contributed by atoms with E-state index in [4.69, 9.17) is 14.2 Å². The van der Waals surface area contributed by atoms with Gasteiger partial charge in [0.1, 0.15) is 6.10 Å². The third-order valence-electron chi connectivity index (χ3n) is 9.05. The lowest BCUT2D eigenvalue weighted by Crippen LogP contribution is -2.51. The molecule has 1 aromatic heterocycles. The Bertz CT molecular complexity index is 1660. The number of aromatic nitrogens is 1. The van der Waals surface area contributed by atoms with Crippen LogP contribution in [0.5, 0.6) is 5.88 Å². The van der Waals surface area contributed by atoms with Crippen molar-refractivity contribution in [1.82, 2.24) is 14.6 Å². The van der Waals surface area contributed by atoms with Gasteiger partial charge in [-0.25, -0.2) is 13.2 Å². The first kappa shape index (κ1) is 35.8. The van der Waals surface area contributed by atoms with Crippen LogP contribution >= 0.6 is 0 Å². The number of hydrogen-bond acceptors (Lipinski definition) is 9. The van der Waals surface area contributed by atoms with Gasteiger partial charge in [-0.1, -0.05) is 58.0 Å². The molecule has 2 aromatic carbocycles. The predicted octanol–water partition coefficient (Wildman–Crippen LogP) is 4.59. The first-order valence-corrected chi connectivity index (χ1v) is 18.2. The number of nitrogens with zero attached hydrogens (tertiary/aromatic N) is 2. The summed E-state index contributed by atoms with van der Waals surface area (Å²) in [5.74, 6) is -0.208. The van der Waals surface area contributed by atoms with Gasteiger partial charge in [0.2, 0.25) is 10.0 Å². The first-order valence-electron chi connectivity index (χ1n) is 16.8. The van der Waals surface area contributed by atoms with E-state index in [2.05, 4.69) is 15.3 Å². The van der Waals surface area contributed by atoms with Gasteiger partial charge in [0.05, 0.1) is 41.7 Å². The zero-order valence-corrected chi connectivity index (χ0v) is 28.9. The van der Waals surface area contributed by atoms with E-state index in [-0.39, 0.29) is 61.1 Å². The van der Waals surface area contributed by atoms with Crippen LogP contribution in [0.4, 0.5) is 4.79 Å². The van der Waals surface area contributed by atoms with Crippen LogP contribution in [-0.2, 0) is 30.7 Å². The largest absolute Gasteiger partial charge is 0.494 e. The molecule has 0 radical (unpaired) electrons. The van der Waals surface area contributed by atoms with E-state index < -0.39 is 34.4 Å². The molecule has 2 fully saturated rings. The molecule has 12 nitrogen and oxygen atoms in total. The van der Waals surface area contributed by atoms with Crippen molar-refractivity contribution < 1.29 is 37.6 Å². The molecule has 0 spiro atoms. The molecule has 0 saturated carbocycles. The molecular weight excluding hydrogens is 636 g/mol. The van der Waals surface area contributed by atoms with Gasteiger partial charge < -0.3 is 34.7 Å². The van der Waals surface area contributed by atoms with E-state index in [0.717, 1.165) is 24.8 Å². The van der Waals surface area contributed by atoms with Gasteiger partial charge in [-0.15, -0.1) is 0 Å². The summed E-state index contributed by atoms with van der Waals surface area (Å²) in [6, 6.07) is 13.2. The standard InChI is InChI=1S/C35H48N4O8S/c1-5-24(6-2)36-18-28-27-17-25(12-13-29(27)37-33(28)41)48(43,44)39(19-22(3)4)20-31(40)30(16-23-10-8-7-9-11-23)38-35(42)47-32-21-46-34-26(32)14-15-45-34/h7-13,17-18,22,24,26,30-32,34,37,40-41H,5-6,14-16,19-21H2,1-4H3,(H,38,42)/t26?,30-,31+,32-,34?/m0/s1. The molecule has 262 valence electrons. The number of H-pyrrole nitrogens is 1. The van der Waals surface area contributed by atoms with Gasteiger partial charge in [0.15, 0.2) is 12.2 Å². The smallest absolute Gasteiger partial charge is 0.407 e. The highest BCUT2D eigenvalue weighted by molar-refractivity contribution is 7.89. The van der Waals surface area contributed by atoms with Gasteiger partial charge in [-0.3, -0.25) is 4.99 Å². The maximum Gasteiger partial charge on any atom is 0.407 e. The van der Waals surface area contributed by atoms with Crippen molar-refractivity contribution in [3.05, 3.63) is 59.7 Å². The van der Waals surface area contributed by atoms with Crippen LogP contribution in [0.2, 0.25) is 0 Å². The lowest BCUT2D eigenvalue weighted by Gasteiger charge is -2.31. The second kappa shape index (κ2) is 15.8. The average Bonchev–Trinajstić information content (AvgIpc) is 3.76. The highest BCUT2D eigenvalue weighted by Gasteiger charge is 2.44. The molecule has 1 amide bonds. The number of aliphatic hydroxyl groups is 1. The number of carbonyl (C=O) groups is 1. The Balaban J connectivity index is 1.39. The molecule has 0 aliphatic carbocycles. The van der Waals surface area contributed by atoms with Crippen LogP contribution < -0.4 is 5.32 Å². The average molecular weight is 685 g/mol. The van der Waals surface area contributed by atoms with Crippen molar-refractivity contribution in [3.63, 3.8) is 0 Å². The van der Waals surface area contributed by atoms with Crippen molar-refractivity contribution in [1.29, 1.82) is 0 Å². The second-order valence-corrected chi connectivity index (χ2v) is 15.0. The number of sulfonamides is 1. The predicted molar refractivity (Wildman–Crippen MR) is 183 cm³/mol. The van der Waals surface area contributed by atoms with Crippen molar-refractivity contribution in [2.75, 3.05) is 26.3 Å². The van der Waals surface area contributed by atoms with Crippen LogP contribution in [0, 0.1) is 11.8 Å². The maximum absolute atomic E-state index is 14.2. The normalized spacial score (nSPS) is 21.0. The van der Waals surface area contributed by atoms with E-state index in [1.54, 1.807) is 12.3 Å². The second-order valence-electron chi connectivity index (χ2n) is 13.0. The van der Waals surface area contributed by atoms with Crippen molar-refractivity contribution in [2.24, 2.45) is 16.8 Å². The summed E-state index contributed by atoms with van der Waals surface area (Å²) in [6.45, 7) is 8.49. The highest BCUT2D eigenvalue weighted by atomic mass is 32.2. The zero-order valence-electron chi connectivity index (χ0n) is 28.0. The number of fused-ring (bicyclic) bond motifs is 2. The fourth-order valence-corrected chi connectivity index (χ4v) is 7.98. The summed E-state index contributed by atoms with van der Waals surface area (Å²) in [5.41, 5.74) is 1.84. The fourth-order valence-electron chi connectivity index (χ4n) is 6.33. The number of aromatic amines is 1. The Morgan fingerprint density at radius 1 is 1.15 bits per heavy atom. The van der Waals surface area contributed by atoms with E-state index in [1.807, 2.05) is 58.0 Å². The molecule has 5 atom stereocenters. The van der Waals surface area contributed by atoms with Crippen LogP contribution in [-0.4, -0.2) is 97.1 Å². The number of hydrogen-bond donors (Lipinski definition) is 4. The van der Waals surface area contributed by atoms with Crippen molar-refractivity contribution in [3.8, 4) is 5.88 Å². The quantitative estimate of drug-likeness (QED) is 0.169. The molecule has 2 unspecified atom stereocenters. The number of ether oxygens (including phenoxy) is 3. The molecule has 3 aromatic rings. The van der Waals surface area contributed by atoms with Crippen LogP contribution in [0.3, 0.4) is 0 Å². The van der Waals surface area contributed by atoms with E-state index in [1.165, 1.54) is 16.4 Å². The van der Waals surface area contributed by atoms with E-state index in [0.29, 0.717) is 23.1 Å². The number of rotatable bonds is 15. The SMILES string of the molecule is CCC(CC)N=Cc1c(O)[nH]c2ccc(S(=O)(=O)N(CC(C)C)C[C@@H](O)[C@H](Cc3ccccc3)NC(=O)O[C@H]3COC4OCCC43)cc12. The number of alkyl carbamates (subject to hydrolysis) is 1. The van der Waals surface area contributed by atoms with Crippen molar-refractivity contribution >= 4 is 33.2 Å². The van der Waals surface area contributed by atoms with Gasteiger partial charge >= 0.3 is 6.09 Å². The molecule has 48 heavy (non-hydrogen) atoms. The number of aliphatic hydroxyl groups excluding tert-OH is 1. The summed E-state index contributed by atoms with van der Waals surface area (Å²) in [7, 11) is -4.14. The monoisotopic (exact) mass is 684 g/mol. The topological polar surface area (TPSA) is 163 Å². The molecule has 2 aliphatic heterocycles. The minimum atomic E-state index is -4.14. The molecular formula is C35H48N4O8S. The van der Waals surface area contributed by atoms with Crippen LogP contribution in [0.1, 0.15) is 58.1 Å². The van der Waals surface area contributed by atoms with Crippen LogP contribution in [0.15, 0.2) is 58.4 Å². The maximum atomic E-state index is 14.2. The van der Waals surface area contributed by atoms with Gasteiger partial charge in [0, 0.05) is 36.2 Å². The van der Waals surface area contributed by atoms with Crippen molar-refractivity contribution in [2.45, 2.75) is 88.9 Å².